The zero-order valence-electron chi connectivity index (χ0n) is 51.1. The minimum Gasteiger partial charge on any atom is -0.476 e. The summed E-state index contributed by atoms with van der Waals surface area (Å²) in [5.41, 5.74) is 6.18. The van der Waals surface area contributed by atoms with Gasteiger partial charge in [0.15, 0.2) is 10.8 Å². The highest BCUT2D eigenvalue weighted by molar-refractivity contribution is 7.22. The van der Waals surface area contributed by atoms with Gasteiger partial charge in [-0.2, -0.15) is 5.10 Å². The Balaban J connectivity index is 0.632. The Morgan fingerprint density at radius 3 is 2.40 bits per heavy atom. The van der Waals surface area contributed by atoms with Crippen LogP contribution in [-0.4, -0.2) is 141 Å². The lowest BCUT2D eigenvalue weighted by Crippen LogP contribution is -2.64. The molecular weight excluding hydrogens is 1160 g/mol. The molecule has 2 atom stereocenters. The number of pyridine rings is 1. The third kappa shape index (κ3) is 13.6. The molecule has 13 rings (SSSR count). The average Bonchev–Trinajstić information content (AvgIpc) is 1.04. The summed E-state index contributed by atoms with van der Waals surface area (Å²) in [5, 5.41) is 24.9. The first-order chi connectivity index (χ1) is 43.3. The molecule has 5 fully saturated rings. The molecule has 1 saturated heterocycles. The number of thiazole rings is 1. The zero-order valence-corrected chi connectivity index (χ0v) is 51.9. The molecule has 22 heteroatoms. The largest absolute Gasteiger partial charge is 0.476 e. The number of nitrogens with one attached hydrogen (secondary N) is 3. The molecule has 6 amide bonds. The molecular formula is C68H76N10O11S. The van der Waals surface area contributed by atoms with Crippen LogP contribution < -0.4 is 20.9 Å². The Hall–Kier alpha value is -8.60. The molecule has 6 aromatic rings. The Labute approximate surface area is 526 Å². The standard InChI is InChI=1S/C68H76N10O11S/c1-44-51(49-20-21-55(73-60(49)62(84)85)75-28-25-46-14-10-16-50(52(46)34-75)61(83)74-63-72-53-17-6-7-18-54(53)90-63)33-70-78(44)43-67-38-65(2)37-66(3,39-67)41-68(40-65,42-67)89-31-29-76(48-35-87-36-48)64(86)88-30-11-13-45-12-9-15-47(32-45)71-57(80)24-26-69-56(79)19-5-4-8-27-77-58(81)22-23-59(77)82/h6-7,9-18,20-23,32-33,48H,4-5,8,19,24-31,34-43H2,1-3H3,(H,69,79)(H,71,80)(H,84,85)(H,72,74,83)/b13-11+. The third-order valence-corrected chi connectivity index (χ3v) is 19.6. The van der Waals surface area contributed by atoms with E-state index in [9.17, 15) is 38.7 Å². The van der Waals surface area contributed by atoms with Crippen molar-refractivity contribution in [2.75, 3.05) is 68.1 Å². The lowest BCUT2D eigenvalue weighted by atomic mass is 9.39. The molecule has 0 radical (unpaired) electrons. The number of carbonyl (C=O) groups is 7. The van der Waals surface area contributed by atoms with Gasteiger partial charge in [0.2, 0.25) is 11.8 Å². The monoisotopic (exact) mass is 1240 g/mol. The maximum absolute atomic E-state index is 13.8. The van der Waals surface area contributed by atoms with Gasteiger partial charge < -0.3 is 34.9 Å². The molecule has 4 N–H and O–H groups in total. The number of para-hydroxylation sites is 1. The number of benzene rings is 3. The summed E-state index contributed by atoms with van der Waals surface area (Å²) in [4.78, 5) is 104. The predicted molar refractivity (Wildman–Crippen MR) is 340 cm³/mol. The van der Waals surface area contributed by atoms with Crippen LogP contribution in [0.25, 0.3) is 27.4 Å². The number of aromatic carboxylic acids is 1. The van der Waals surface area contributed by atoms with Crippen LogP contribution in [0.1, 0.15) is 128 Å². The molecule has 4 saturated carbocycles. The minimum absolute atomic E-state index is 0.0254. The quantitative estimate of drug-likeness (QED) is 0.0307. The van der Waals surface area contributed by atoms with Gasteiger partial charge in [-0.15, -0.1) is 0 Å². The first-order valence-electron chi connectivity index (χ1n) is 31.1. The van der Waals surface area contributed by atoms with Crippen molar-refractivity contribution in [3.63, 3.8) is 0 Å². The van der Waals surface area contributed by atoms with Crippen LogP contribution in [-0.2, 0) is 52.9 Å². The second-order valence-corrected chi connectivity index (χ2v) is 27.1. The summed E-state index contributed by atoms with van der Waals surface area (Å²) in [7, 11) is 0. The molecule has 3 aromatic heterocycles. The second kappa shape index (κ2) is 25.7. The van der Waals surface area contributed by atoms with E-state index in [-0.39, 0.29) is 83.5 Å². The maximum atomic E-state index is 13.8. The number of hydrogen-bond acceptors (Lipinski definition) is 15. The van der Waals surface area contributed by atoms with Gasteiger partial charge in [-0.05, 0) is 146 Å². The molecule has 90 heavy (non-hydrogen) atoms. The average molecular weight is 1240 g/mol. The normalized spacial score (nSPS) is 22.5. The number of amides is 6. The fourth-order valence-corrected chi connectivity index (χ4v) is 16.6. The van der Waals surface area contributed by atoms with E-state index < -0.39 is 17.7 Å². The first kappa shape index (κ1) is 61.6. The minimum atomic E-state index is -1.14. The summed E-state index contributed by atoms with van der Waals surface area (Å²) in [6.45, 7) is 10.4. The molecule has 21 nitrogen and oxygen atoms in total. The Morgan fingerprint density at radius 2 is 1.63 bits per heavy atom. The van der Waals surface area contributed by atoms with Crippen molar-refractivity contribution in [1.29, 1.82) is 0 Å². The van der Waals surface area contributed by atoms with Crippen LogP contribution in [0.2, 0.25) is 0 Å². The van der Waals surface area contributed by atoms with Crippen molar-refractivity contribution in [3.05, 3.63) is 137 Å². The van der Waals surface area contributed by atoms with Crippen LogP contribution in [0.4, 0.5) is 21.4 Å². The van der Waals surface area contributed by atoms with E-state index in [1.165, 1.54) is 28.4 Å². The molecule has 4 bridgehead atoms. The Kier molecular flexibility index (Phi) is 17.6. The summed E-state index contributed by atoms with van der Waals surface area (Å²) in [6.07, 6.45) is 16.1. The van der Waals surface area contributed by atoms with Gasteiger partial charge >= 0.3 is 12.1 Å². The van der Waals surface area contributed by atoms with E-state index in [1.54, 1.807) is 23.2 Å². The predicted octanol–water partition coefficient (Wildman–Crippen LogP) is 9.99. The van der Waals surface area contributed by atoms with E-state index in [1.807, 2.05) is 90.7 Å². The molecule has 7 aliphatic rings. The van der Waals surface area contributed by atoms with Crippen molar-refractivity contribution >= 4 is 85.9 Å². The highest BCUT2D eigenvalue weighted by Gasteiger charge is 2.66. The summed E-state index contributed by atoms with van der Waals surface area (Å²) in [5.74, 6) is -1.92. The Morgan fingerprint density at radius 1 is 0.844 bits per heavy atom. The molecule has 6 heterocycles. The fraction of sp³-hybridized carbons (Fsp3) is 0.441. The van der Waals surface area contributed by atoms with E-state index >= 15 is 0 Å². The van der Waals surface area contributed by atoms with Gasteiger partial charge in [-0.1, -0.05) is 74.1 Å². The van der Waals surface area contributed by atoms with Crippen molar-refractivity contribution in [1.82, 2.24) is 34.9 Å². The van der Waals surface area contributed by atoms with Gasteiger partial charge in [-0.3, -0.25) is 43.8 Å². The van der Waals surface area contributed by atoms with Gasteiger partial charge in [0, 0.05) is 92.3 Å². The highest BCUT2D eigenvalue weighted by atomic mass is 32.1. The van der Waals surface area contributed by atoms with Crippen LogP contribution in [0.3, 0.4) is 0 Å². The van der Waals surface area contributed by atoms with Gasteiger partial charge in [0.25, 0.3) is 17.7 Å². The van der Waals surface area contributed by atoms with Crippen molar-refractivity contribution in [2.45, 2.75) is 123 Å². The lowest BCUT2D eigenvalue weighted by molar-refractivity contribution is -0.249. The summed E-state index contributed by atoms with van der Waals surface area (Å²) >= 11 is 1.42. The van der Waals surface area contributed by atoms with Crippen LogP contribution in [0, 0.1) is 23.2 Å². The highest BCUT2D eigenvalue weighted by Crippen LogP contribution is 2.72. The zero-order chi connectivity index (χ0) is 62.8. The number of ether oxygens (including phenoxy) is 3. The third-order valence-electron chi connectivity index (χ3n) is 18.7. The van der Waals surface area contributed by atoms with Crippen LogP contribution >= 0.6 is 11.3 Å². The number of aromatic nitrogens is 4. The van der Waals surface area contributed by atoms with Crippen molar-refractivity contribution in [2.24, 2.45) is 16.2 Å². The van der Waals surface area contributed by atoms with E-state index in [4.69, 9.17) is 24.3 Å². The lowest BCUT2D eigenvalue weighted by Gasteiger charge is -2.69. The van der Waals surface area contributed by atoms with Crippen molar-refractivity contribution < 1.29 is 52.9 Å². The number of carboxylic acid groups (broad SMARTS) is 1. The number of rotatable bonds is 25. The number of unbranched alkanes of at least 4 members (excludes halogenated alkanes) is 2. The SMILES string of the molecule is Cc1c(-c2ccc(N3CCc4cccc(C(=O)Nc5nc6ccccc6s5)c4C3)nc2C(=O)O)cnn1CC12CC3(C)CC(C)(C1)CC(OCCN(C(=O)OC/C=C/c1cccc(NC(=O)CCNC(=O)CCCCCN4C(=O)C=CC4=O)c1)C1COC1)(C3)C2. The topological polar surface area (TPSA) is 257 Å². The molecule has 4 aliphatic carbocycles. The number of hydrogen-bond donors (Lipinski definition) is 4. The van der Waals surface area contributed by atoms with Crippen LogP contribution in [0.5, 0.6) is 0 Å². The smallest absolute Gasteiger partial charge is 0.410 e. The number of nitrogens with zero attached hydrogens (tertiary/aromatic N) is 7. The fourth-order valence-electron chi connectivity index (χ4n) is 15.7. The number of carboxylic acids is 1. The molecule has 470 valence electrons. The summed E-state index contributed by atoms with van der Waals surface area (Å²) in [6, 6.07) is 24.4. The Bertz CT molecular complexity index is 3780. The molecule has 0 spiro atoms. The van der Waals surface area contributed by atoms with Crippen LogP contribution in [0.15, 0.2) is 103 Å². The van der Waals surface area contributed by atoms with Crippen molar-refractivity contribution in [3.8, 4) is 11.1 Å². The molecule has 3 aromatic carbocycles. The number of imide groups is 1. The van der Waals surface area contributed by atoms with Gasteiger partial charge in [-0.25, -0.2) is 19.6 Å². The number of anilines is 3. The van der Waals surface area contributed by atoms with E-state index in [2.05, 4.69) is 39.5 Å². The van der Waals surface area contributed by atoms with Gasteiger partial charge in [0.05, 0.1) is 47.9 Å². The maximum Gasteiger partial charge on any atom is 0.410 e. The molecule has 3 aliphatic heterocycles. The summed E-state index contributed by atoms with van der Waals surface area (Å²) < 4.78 is 21.5. The first-order valence-corrected chi connectivity index (χ1v) is 32.0. The number of fused-ring (bicyclic) bond motifs is 2. The van der Waals surface area contributed by atoms with Gasteiger partial charge in [0.1, 0.15) is 12.4 Å². The van der Waals surface area contributed by atoms with E-state index in [0.717, 1.165) is 71.1 Å². The molecule has 2 unspecified atom stereocenters. The second-order valence-electron chi connectivity index (χ2n) is 26.1. The number of carbonyl (C=O) groups excluding carboxylic acids is 6. The van der Waals surface area contributed by atoms with E-state index in [0.29, 0.717) is 112 Å².